The Hall–Kier alpha value is -1.52. The summed E-state index contributed by atoms with van der Waals surface area (Å²) < 4.78 is 0.754. The molecule has 0 saturated heterocycles. The molecule has 1 aromatic carbocycles. The maximum absolute atomic E-state index is 11.4. The summed E-state index contributed by atoms with van der Waals surface area (Å²) in [4.78, 5) is 19.5. The Labute approximate surface area is 124 Å². The molecule has 5 heteroatoms. The summed E-state index contributed by atoms with van der Waals surface area (Å²) in [6.45, 7) is 3.47. The molecule has 0 unspecified atom stereocenters. The number of hydrogen-bond acceptors (Lipinski definition) is 3. The number of halogens is 2. The third-order valence-electron chi connectivity index (χ3n) is 2.52. The van der Waals surface area contributed by atoms with E-state index in [0.717, 1.165) is 15.6 Å². The van der Waals surface area contributed by atoms with Crippen LogP contribution < -0.4 is 0 Å². The minimum atomic E-state index is -0.0167. The molecule has 0 aliphatic heterocycles. The van der Waals surface area contributed by atoms with Gasteiger partial charge in [0.05, 0.1) is 10.2 Å². The van der Waals surface area contributed by atoms with Gasteiger partial charge in [0.1, 0.15) is 0 Å². The molecule has 0 radical (unpaired) electrons. The van der Waals surface area contributed by atoms with Crippen molar-refractivity contribution in [3.63, 3.8) is 0 Å². The highest BCUT2D eigenvalue weighted by Crippen LogP contribution is 2.27. The lowest BCUT2D eigenvalue weighted by atomic mass is 10.0. The van der Waals surface area contributed by atoms with E-state index in [1.54, 1.807) is 6.20 Å². The molecule has 0 bridgehead atoms. The first-order chi connectivity index (χ1) is 9.10. The molecule has 0 aliphatic carbocycles. The van der Waals surface area contributed by atoms with Crippen LogP contribution in [0, 0.1) is 0 Å². The highest BCUT2D eigenvalue weighted by atomic mass is 79.9. The fourth-order valence-electron chi connectivity index (χ4n) is 1.65. The monoisotopic (exact) mass is 336 g/mol. The lowest BCUT2D eigenvalue weighted by Gasteiger charge is -2.06. The van der Waals surface area contributed by atoms with Crippen molar-refractivity contribution in [3.05, 3.63) is 58.4 Å². The van der Waals surface area contributed by atoms with Crippen LogP contribution >= 0.6 is 27.5 Å². The minimum absolute atomic E-state index is 0.0167. The van der Waals surface area contributed by atoms with E-state index >= 15 is 0 Å². The molecular formula is C14H10BrClN2O. The highest BCUT2D eigenvalue weighted by molar-refractivity contribution is 9.10. The second-order valence-electron chi connectivity index (χ2n) is 3.88. The van der Waals surface area contributed by atoms with E-state index in [1.165, 1.54) is 6.08 Å². The van der Waals surface area contributed by atoms with Crippen molar-refractivity contribution in [2.24, 2.45) is 0 Å². The summed E-state index contributed by atoms with van der Waals surface area (Å²) >= 11 is 9.19. The van der Waals surface area contributed by atoms with Gasteiger partial charge in [0, 0.05) is 18.2 Å². The van der Waals surface area contributed by atoms with Crippen LogP contribution in [0.25, 0.3) is 11.3 Å². The Balaban J connectivity index is 2.40. The van der Waals surface area contributed by atoms with E-state index in [4.69, 9.17) is 11.6 Å². The fourth-order valence-corrected chi connectivity index (χ4v) is 2.20. The Morgan fingerprint density at radius 2 is 2.26 bits per heavy atom. The number of ketones is 1. The average molecular weight is 338 g/mol. The van der Waals surface area contributed by atoms with Crippen LogP contribution in [0.1, 0.15) is 5.56 Å². The second kappa shape index (κ2) is 6.08. The van der Waals surface area contributed by atoms with Crippen molar-refractivity contribution in [3.8, 4) is 11.3 Å². The topological polar surface area (TPSA) is 42.9 Å². The lowest BCUT2D eigenvalue weighted by molar-refractivity contribution is -0.114. The number of benzene rings is 1. The molecule has 0 aliphatic rings. The molecule has 1 heterocycles. The van der Waals surface area contributed by atoms with Gasteiger partial charge in [0.25, 0.3) is 0 Å². The first-order valence-corrected chi connectivity index (χ1v) is 6.70. The first kappa shape index (κ1) is 13.9. The van der Waals surface area contributed by atoms with Gasteiger partial charge >= 0.3 is 0 Å². The number of carbonyl (C=O) groups is 1. The SMILES string of the molecule is C=CC(=O)Cc1cccc(-c2nc(Cl)ncc2Br)c1. The number of aromatic nitrogens is 2. The molecule has 96 valence electrons. The molecule has 0 spiro atoms. The quantitative estimate of drug-likeness (QED) is 0.628. The van der Waals surface area contributed by atoms with Gasteiger partial charge in [-0.05, 0) is 45.2 Å². The predicted octanol–water partition coefficient (Wildman–Crippen LogP) is 3.86. The van der Waals surface area contributed by atoms with Crippen LogP contribution in [0.4, 0.5) is 0 Å². The number of allylic oxidation sites excluding steroid dienone is 1. The maximum Gasteiger partial charge on any atom is 0.222 e. The molecule has 2 aromatic rings. The molecule has 0 atom stereocenters. The van der Waals surface area contributed by atoms with E-state index in [0.29, 0.717) is 12.1 Å². The van der Waals surface area contributed by atoms with E-state index in [2.05, 4.69) is 32.5 Å². The average Bonchev–Trinajstić information content (AvgIpc) is 2.41. The molecule has 2 rings (SSSR count). The van der Waals surface area contributed by atoms with Gasteiger partial charge in [-0.15, -0.1) is 0 Å². The van der Waals surface area contributed by atoms with Crippen molar-refractivity contribution < 1.29 is 4.79 Å². The fraction of sp³-hybridized carbons (Fsp3) is 0.0714. The molecular weight excluding hydrogens is 328 g/mol. The molecule has 0 amide bonds. The van der Waals surface area contributed by atoms with Gasteiger partial charge in [-0.25, -0.2) is 9.97 Å². The van der Waals surface area contributed by atoms with Crippen LogP contribution in [0.15, 0.2) is 47.6 Å². The number of nitrogens with zero attached hydrogens (tertiary/aromatic N) is 2. The molecule has 19 heavy (non-hydrogen) atoms. The summed E-state index contributed by atoms with van der Waals surface area (Å²) in [6.07, 6.45) is 3.25. The molecule has 0 saturated carbocycles. The summed E-state index contributed by atoms with van der Waals surface area (Å²) in [5, 5.41) is 0.186. The molecule has 0 N–H and O–H groups in total. The predicted molar refractivity (Wildman–Crippen MR) is 79.1 cm³/mol. The molecule has 0 fully saturated rings. The summed E-state index contributed by atoms with van der Waals surface area (Å²) in [5.41, 5.74) is 2.49. The van der Waals surface area contributed by atoms with Crippen LogP contribution in [-0.2, 0) is 11.2 Å². The Morgan fingerprint density at radius 1 is 1.47 bits per heavy atom. The third-order valence-corrected chi connectivity index (χ3v) is 3.28. The molecule has 1 aromatic heterocycles. The van der Waals surface area contributed by atoms with Crippen LogP contribution in [0.3, 0.4) is 0 Å². The van der Waals surface area contributed by atoms with E-state index < -0.39 is 0 Å². The van der Waals surface area contributed by atoms with Gasteiger partial charge in [-0.1, -0.05) is 24.8 Å². The van der Waals surface area contributed by atoms with E-state index in [9.17, 15) is 4.79 Å². The first-order valence-electron chi connectivity index (χ1n) is 5.53. The number of hydrogen-bond donors (Lipinski definition) is 0. The number of carbonyl (C=O) groups excluding carboxylic acids is 1. The summed E-state index contributed by atoms with van der Waals surface area (Å²) in [7, 11) is 0. The van der Waals surface area contributed by atoms with E-state index in [-0.39, 0.29) is 11.1 Å². The smallest absolute Gasteiger partial charge is 0.222 e. The normalized spacial score (nSPS) is 10.2. The Morgan fingerprint density at radius 3 is 3.00 bits per heavy atom. The largest absolute Gasteiger partial charge is 0.295 e. The van der Waals surface area contributed by atoms with E-state index in [1.807, 2.05) is 24.3 Å². The number of rotatable bonds is 4. The lowest BCUT2D eigenvalue weighted by Crippen LogP contribution is -1.98. The second-order valence-corrected chi connectivity index (χ2v) is 5.08. The zero-order valence-corrected chi connectivity index (χ0v) is 12.3. The Bertz CT molecular complexity index is 643. The standard InChI is InChI=1S/C14H10BrClN2O/c1-2-11(19)7-9-4-3-5-10(6-9)13-12(15)8-17-14(16)18-13/h2-6,8H,1,7H2. The van der Waals surface area contributed by atoms with Gasteiger partial charge in [0.2, 0.25) is 5.28 Å². The van der Waals surface area contributed by atoms with Crippen molar-refractivity contribution in [2.75, 3.05) is 0 Å². The van der Waals surface area contributed by atoms with Crippen molar-refractivity contribution in [1.29, 1.82) is 0 Å². The van der Waals surface area contributed by atoms with Gasteiger partial charge in [-0.2, -0.15) is 0 Å². The van der Waals surface area contributed by atoms with Crippen LogP contribution in [0.5, 0.6) is 0 Å². The van der Waals surface area contributed by atoms with Gasteiger partial charge in [0.15, 0.2) is 5.78 Å². The van der Waals surface area contributed by atoms with Crippen molar-refractivity contribution >= 4 is 33.3 Å². The summed E-state index contributed by atoms with van der Waals surface area (Å²) in [6, 6.07) is 7.58. The minimum Gasteiger partial charge on any atom is -0.295 e. The Kier molecular flexibility index (Phi) is 4.45. The zero-order chi connectivity index (χ0) is 13.8. The molecule has 3 nitrogen and oxygen atoms in total. The highest BCUT2D eigenvalue weighted by Gasteiger charge is 2.08. The maximum atomic E-state index is 11.4. The summed E-state index contributed by atoms with van der Waals surface area (Å²) in [5.74, 6) is -0.0167. The van der Waals surface area contributed by atoms with Gasteiger partial charge < -0.3 is 0 Å². The van der Waals surface area contributed by atoms with Crippen LogP contribution in [0.2, 0.25) is 5.28 Å². The third kappa shape index (κ3) is 3.49. The zero-order valence-electron chi connectivity index (χ0n) is 9.94. The van der Waals surface area contributed by atoms with Crippen molar-refractivity contribution in [1.82, 2.24) is 9.97 Å². The van der Waals surface area contributed by atoms with Gasteiger partial charge in [-0.3, -0.25) is 4.79 Å². The van der Waals surface area contributed by atoms with Crippen molar-refractivity contribution in [2.45, 2.75) is 6.42 Å². The van der Waals surface area contributed by atoms with Crippen LogP contribution in [-0.4, -0.2) is 15.8 Å².